The Morgan fingerprint density at radius 3 is 2.37 bits per heavy atom. The van der Waals surface area contributed by atoms with Crippen LogP contribution in [0.15, 0.2) is 85.1 Å². The number of ether oxygens (including phenoxy) is 1. The van der Waals surface area contributed by atoms with Crippen LogP contribution < -0.4 is 10.1 Å². The first-order valence-corrected chi connectivity index (χ1v) is 13.3. The number of phenols is 1. The number of carbonyl (C=O) groups is 1. The van der Waals surface area contributed by atoms with Crippen LogP contribution >= 0.6 is 0 Å². The zero-order valence-corrected chi connectivity index (χ0v) is 21.5. The van der Waals surface area contributed by atoms with Gasteiger partial charge in [-0.3, -0.25) is 4.79 Å². The fourth-order valence-electron chi connectivity index (χ4n) is 4.92. The van der Waals surface area contributed by atoms with Gasteiger partial charge in [0.15, 0.2) is 5.82 Å². The van der Waals surface area contributed by atoms with E-state index in [0.717, 1.165) is 40.2 Å². The minimum Gasteiger partial charge on any atom is -0.508 e. The average molecular weight is 508 g/mol. The highest BCUT2D eigenvalue weighted by Crippen LogP contribution is 2.29. The summed E-state index contributed by atoms with van der Waals surface area (Å²) in [5, 5.41) is 12.7. The van der Waals surface area contributed by atoms with Crippen LogP contribution in [0.25, 0.3) is 11.3 Å². The number of nitrogens with zero attached hydrogens (tertiary/aromatic N) is 2. The molecule has 5 rings (SSSR count). The Morgan fingerprint density at radius 1 is 0.895 bits per heavy atom. The van der Waals surface area contributed by atoms with E-state index in [-0.39, 0.29) is 18.1 Å². The maximum atomic E-state index is 13.0. The van der Waals surface area contributed by atoms with Crippen molar-refractivity contribution in [3.63, 3.8) is 0 Å². The molecule has 0 saturated heterocycles. The lowest BCUT2D eigenvalue weighted by Crippen LogP contribution is -2.19. The van der Waals surface area contributed by atoms with Gasteiger partial charge in [0.05, 0.1) is 24.0 Å². The molecule has 0 unspecified atom stereocenters. The van der Waals surface area contributed by atoms with Gasteiger partial charge in [-0.25, -0.2) is 9.97 Å². The fourth-order valence-corrected chi connectivity index (χ4v) is 4.92. The molecular weight excluding hydrogens is 474 g/mol. The molecular formula is C32H33N3O3. The van der Waals surface area contributed by atoms with Crippen LogP contribution in [0.5, 0.6) is 11.5 Å². The topological polar surface area (TPSA) is 84.3 Å². The Morgan fingerprint density at radius 2 is 1.63 bits per heavy atom. The SMILES string of the molecule is O=C(Cc1ccc(OCc2ccccc2)cc1)Nc1ncc(-c2ccc(O)cc2)nc1CC1CCCCC1. The Hall–Kier alpha value is -4.19. The van der Waals surface area contributed by atoms with Crippen molar-refractivity contribution in [1.82, 2.24) is 9.97 Å². The molecule has 6 heteroatoms. The van der Waals surface area contributed by atoms with Gasteiger partial charge in [-0.2, -0.15) is 0 Å². The largest absolute Gasteiger partial charge is 0.508 e. The first kappa shape index (κ1) is 25.5. The molecule has 0 radical (unpaired) electrons. The maximum Gasteiger partial charge on any atom is 0.229 e. The number of nitrogens with one attached hydrogen (secondary N) is 1. The summed E-state index contributed by atoms with van der Waals surface area (Å²) < 4.78 is 5.86. The zero-order valence-electron chi connectivity index (χ0n) is 21.5. The van der Waals surface area contributed by atoms with E-state index in [1.54, 1.807) is 18.3 Å². The molecule has 1 aliphatic rings. The van der Waals surface area contributed by atoms with Crippen molar-refractivity contribution in [2.24, 2.45) is 5.92 Å². The molecule has 0 atom stereocenters. The van der Waals surface area contributed by atoms with Gasteiger partial charge in [-0.15, -0.1) is 0 Å². The van der Waals surface area contributed by atoms with E-state index in [1.165, 1.54) is 32.1 Å². The van der Waals surface area contributed by atoms with Crippen LogP contribution in [0.4, 0.5) is 5.82 Å². The summed E-state index contributed by atoms with van der Waals surface area (Å²) in [5.41, 5.74) is 4.45. The number of rotatable bonds is 9. The van der Waals surface area contributed by atoms with Crippen LogP contribution in [-0.2, 0) is 24.2 Å². The summed E-state index contributed by atoms with van der Waals surface area (Å²) in [5.74, 6) is 1.94. The summed E-state index contributed by atoms with van der Waals surface area (Å²) in [6.45, 7) is 0.503. The van der Waals surface area contributed by atoms with Crippen LogP contribution in [0, 0.1) is 5.92 Å². The van der Waals surface area contributed by atoms with Gasteiger partial charge in [0.2, 0.25) is 5.91 Å². The van der Waals surface area contributed by atoms with E-state index in [9.17, 15) is 9.90 Å². The summed E-state index contributed by atoms with van der Waals surface area (Å²) >= 11 is 0. The highest BCUT2D eigenvalue weighted by atomic mass is 16.5. The first-order valence-electron chi connectivity index (χ1n) is 13.3. The molecule has 0 aliphatic heterocycles. The smallest absolute Gasteiger partial charge is 0.229 e. The molecule has 1 aromatic heterocycles. The van der Waals surface area contributed by atoms with Crippen LogP contribution in [0.1, 0.15) is 48.9 Å². The molecule has 6 nitrogen and oxygen atoms in total. The Balaban J connectivity index is 1.25. The molecule has 1 saturated carbocycles. The van der Waals surface area contributed by atoms with Gasteiger partial charge in [0.25, 0.3) is 0 Å². The van der Waals surface area contributed by atoms with Crippen molar-refractivity contribution >= 4 is 11.7 Å². The summed E-state index contributed by atoms with van der Waals surface area (Å²) in [7, 11) is 0. The lowest BCUT2D eigenvalue weighted by Gasteiger charge is -2.22. The average Bonchev–Trinajstić information content (AvgIpc) is 2.95. The van der Waals surface area contributed by atoms with Crippen LogP contribution in [0.3, 0.4) is 0 Å². The van der Waals surface area contributed by atoms with E-state index >= 15 is 0 Å². The van der Waals surface area contributed by atoms with E-state index in [4.69, 9.17) is 9.72 Å². The quantitative estimate of drug-likeness (QED) is 0.262. The zero-order chi connectivity index (χ0) is 26.2. The van der Waals surface area contributed by atoms with Gasteiger partial charge in [-0.05, 0) is 59.9 Å². The number of aromatic hydroxyl groups is 1. The van der Waals surface area contributed by atoms with E-state index in [1.807, 2.05) is 66.7 Å². The molecule has 1 aliphatic carbocycles. The summed E-state index contributed by atoms with van der Waals surface area (Å²) in [6, 6.07) is 24.6. The van der Waals surface area contributed by atoms with Crippen molar-refractivity contribution in [3.05, 3.63) is 102 Å². The molecule has 1 amide bonds. The number of carbonyl (C=O) groups excluding carboxylic acids is 1. The van der Waals surface area contributed by atoms with E-state index < -0.39 is 0 Å². The van der Waals surface area contributed by atoms with Crippen molar-refractivity contribution < 1.29 is 14.6 Å². The number of benzene rings is 3. The molecule has 0 spiro atoms. The number of amides is 1. The van der Waals surface area contributed by atoms with Gasteiger partial charge in [0, 0.05) is 5.56 Å². The van der Waals surface area contributed by atoms with Crippen LogP contribution in [-0.4, -0.2) is 21.0 Å². The lowest BCUT2D eigenvalue weighted by molar-refractivity contribution is -0.115. The minimum absolute atomic E-state index is 0.125. The number of hydrogen-bond acceptors (Lipinski definition) is 5. The van der Waals surface area contributed by atoms with Crippen molar-refractivity contribution in [2.45, 2.75) is 51.6 Å². The molecule has 3 aromatic carbocycles. The van der Waals surface area contributed by atoms with Gasteiger partial charge < -0.3 is 15.2 Å². The summed E-state index contributed by atoms with van der Waals surface area (Å²) in [4.78, 5) is 22.5. The number of hydrogen-bond donors (Lipinski definition) is 2. The third kappa shape index (κ3) is 6.97. The fraction of sp³-hybridized carbons (Fsp3) is 0.281. The molecule has 0 bridgehead atoms. The normalized spacial score (nSPS) is 13.7. The Labute approximate surface area is 223 Å². The second-order valence-corrected chi connectivity index (χ2v) is 9.95. The van der Waals surface area contributed by atoms with E-state index in [2.05, 4.69) is 10.3 Å². The molecule has 2 N–H and O–H groups in total. The highest BCUT2D eigenvalue weighted by molar-refractivity contribution is 5.92. The van der Waals surface area contributed by atoms with Crippen LogP contribution in [0.2, 0.25) is 0 Å². The Kier molecular flexibility index (Phi) is 8.29. The predicted octanol–water partition coefficient (Wildman–Crippen LogP) is 6.73. The van der Waals surface area contributed by atoms with Crippen molar-refractivity contribution in [2.75, 3.05) is 5.32 Å². The monoisotopic (exact) mass is 507 g/mol. The van der Waals surface area contributed by atoms with E-state index in [0.29, 0.717) is 18.3 Å². The standard InChI is InChI=1S/C32H33N3O3/c36-27-15-13-26(14-16-27)30-21-33-32(29(34-30)19-23-7-3-1-4-8-23)35-31(37)20-24-11-17-28(18-12-24)38-22-25-9-5-2-6-10-25/h2,5-6,9-18,21,23,36H,1,3-4,7-8,19-20,22H2,(H,33,35,37). The lowest BCUT2D eigenvalue weighted by atomic mass is 9.86. The number of aromatic nitrogens is 2. The third-order valence-electron chi connectivity index (χ3n) is 7.01. The second kappa shape index (κ2) is 12.4. The van der Waals surface area contributed by atoms with Gasteiger partial charge in [-0.1, -0.05) is 74.6 Å². The predicted molar refractivity (Wildman–Crippen MR) is 149 cm³/mol. The summed E-state index contributed by atoms with van der Waals surface area (Å²) in [6.07, 6.45) is 8.84. The first-order chi connectivity index (χ1) is 18.6. The molecule has 1 heterocycles. The van der Waals surface area contributed by atoms with Crippen molar-refractivity contribution in [1.29, 1.82) is 0 Å². The second-order valence-electron chi connectivity index (χ2n) is 9.95. The highest BCUT2D eigenvalue weighted by Gasteiger charge is 2.19. The van der Waals surface area contributed by atoms with Crippen molar-refractivity contribution in [3.8, 4) is 22.8 Å². The molecule has 194 valence electrons. The number of phenolic OH excluding ortho intramolecular Hbond substituents is 1. The van der Waals surface area contributed by atoms with Gasteiger partial charge in [0.1, 0.15) is 18.1 Å². The molecule has 4 aromatic rings. The molecule has 1 fully saturated rings. The minimum atomic E-state index is -0.125. The maximum absolute atomic E-state index is 13.0. The van der Waals surface area contributed by atoms with Gasteiger partial charge >= 0.3 is 0 Å². The number of anilines is 1. The Bertz CT molecular complexity index is 1330. The molecule has 38 heavy (non-hydrogen) atoms. The third-order valence-corrected chi connectivity index (χ3v) is 7.01.